The maximum atomic E-state index is 12.4. The Balaban J connectivity index is 1.98. The molecular weight excluding hydrogens is 322 g/mol. The van der Waals surface area contributed by atoms with Gasteiger partial charge in [0.05, 0.1) is 17.2 Å². The summed E-state index contributed by atoms with van der Waals surface area (Å²) < 4.78 is 24.9. The number of guanidine groups is 1. The van der Waals surface area contributed by atoms with Crippen LogP contribution in [0.1, 0.15) is 45.6 Å². The van der Waals surface area contributed by atoms with E-state index in [0.29, 0.717) is 10.9 Å². The Morgan fingerprint density at radius 3 is 2.25 bits per heavy atom. The van der Waals surface area contributed by atoms with E-state index in [1.807, 2.05) is 17.0 Å². The van der Waals surface area contributed by atoms with Crippen molar-refractivity contribution >= 4 is 15.8 Å². The third-order valence-corrected chi connectivity index (χ3v) is 6.10. The van der Waals surface area contributed by atoms with Crippen LogP contribution in [0.2, 0.25) is 0 Å². The van der Waals surface area contributed by atoms with Gasteiger partial charge >= 0.3 is 0 Å². The van der Waals surface area contributed by atoms with E-state index in [1.165, 1.54) is 6.42 Å². The lowest BCUT2D eigenvalue weighted by molar-refractivity contribution is 0.338. The van der Waals surface area contributed by atoms with Crippen molar-refractivity contribution in [3.63, 3.8) is 0 Å². The standard InChI is InChI=1S/C18H29N3O2S/c1-18(2,3)15-7-9-16(10-8-15)24(22,23)14-11-20-17(19)21-12-5-4-6-13-21/h7-10H,4-6,11-14H2,1-3H3,(H2,19,20). The Morgan fingerprint density at radius 2 is 1.71 bits per heavy atom. The first-order valence-corrected chi connectivity index (χ1v) is 10.2. The molecule has 5 nitrogen and oxygen atoms in total. The molecule has 6 heteroatoms. The monoisotopic (exact) mass is 351 g/mol. The SMILES string of the molecule is CC(C)(C)c1ccc(S(=O)(=O)CCN=C(N)N2CCCCC2)cc1. The minimum atomic E-state index is -3.33. The van der Waals surface area contributed by atoms with E-state index in [0.717, 1.165) is 31.5 Å². The number of piperidine rings is 1. The highest BCUT2D eigenvalue weighted by Crippen LogP contribution is 2.23. The number of aliphatic imine (C=N–C) groups is 1. The van der Waals surface area contributed by atoms with Crippen molar-refractivity contribution in [1.29, 1.82) is 0 Å². The third-order valence-electron chi connectivity index (χ3n) is 4.39. The number of nitrogens with two attached hydrogens (primary N) is 1. The van der Waals surface area contributed by atoms with Crippen LogP contribution in [0, 0.1) is 0 Å². The molecule has 1 heterocycles. The minimum absolute atomic E-state index is 0.00940. The Bertz CT molecular complexity index is 667. The van der Waals surface area contributed by atoms with Crippen LogP contribution in [-0.4, -0.2) is 44.7 Å². The second kappa shape index (κ2) is 7.55. The summed E-state index contributed by atoms with van der Waals surface area (Å²) in [4.78, 5) is 6.64. The second-order valence-electron chi connectivity index (χ2n) is 7.38. The van der Waals surface area contributed by atoms with Crippen LogP contribution in [0.4, 0.5) is 0 Å². The van der Waals surface area contributed by atoms with Crippen LogP contribution >= 0.6 is 0 Å². The predicted octanol–water partition coefficient (Wildman–Crippen LogP) is 2.56. The number of nitrogens with zero attached hydrogens (tertiary/aromatic N) is 2. The number of benzene rings is 1. The second-order valence-corrected chi connectivity index (χ2v) is 9.49. The first kappa shape index (κ1) is 18.8. The van der Waals surface area contributed by atoms with Gasteiger partial charge < -0.3 is 10.6 Å². The van der Waals surface area contributed by atoms with Crippen molar-refractivity contribution in [1.82, 2.24) is 4.90 Å². The lowest BCUT2D eigenvalue weighted by Crippen LogP contribution is -2.41. The zero-order chi connectivity index (χ0) is 17.8. The van der Waals surface area contributed by atoms with Crippen LogP contribution in [0.25, 0.3) is 0 Å². The summed E-state index contributed by atoms with van der Waals surface area (Å²) in [5, 5.41) is 0. The van der Waals surface area contributed by atoms with E-state index in [4.69, 9.17) is 5.73 Å². The molecule has 0 spiro atoms. The smallest absolute Gasteiger partial charge is 0.191 e. The fraction of sp³-hybridized carbons (Fsp3) is 0.611. The molecule has 1 fully saturated rings. The third kappa shape index (κ3) is 4.97. The lowest BCUT2D eigenvalue weighted by Gasteiger charge is -2.27. The Hall–Kier alpha value is -1.56. The molecule has 134 valence electrons. The van der Waals surface area contributed by atoms with E-state index in [9.17, 15) is 8.42 Å². The van der Waals surface area contributed by atoms with Crippen molar-refractivity contribution in [2.24, 2.45) is 10.7 Å². The molecular formula is C18H29N3O2S. The number of rotatable bonds is 4. The lowest BCUT2D eigenvalue weighted by atomic mass is 9.87. The first-order chi connectivity index (χ1) is 11.2. The van der Waals surface area contributed by atoms with Gasteiger partial charge in [-0.25, -0.2) is 8.42 Å². The molecule has 0 amide bonds. The predicted molar refractivity (Wildman–Crippen MR) is 99.1 cm³/mol. The normalized spacial score (nSPS) is 17.1. The number of hydrogen-bond acceptors (Lipinski definition) is 3. The van der Waals surface area contributed by atoms with Gasteiger partial charge in [0.2, 0.25) is 0 Å². The molecule has 1 aliphatic rings. The summed E-state index contributed by atoms with van der Waals surface area (Å²) in [6.07, 6.45) is 3.46. The van der Waals surface area contributed by atoms with Gasteiger partial charge in [-0.05, 0) is 42.4 Å². The van der Waals surface area contributed by atoms with E-state index >= 15 is 0 Å². The first-order valence-electron chi connectivity index (χ1n) is 8.58. The summed E-state index contributed by atoms with van der Waals surface area (Å²) >= 11 is 0. The summed E-state index contributed by atoms with van der Waals surface area (Å²) in [6.45, 7) is 8.34. The Kier molecular flexibility index (Phi) is 5.91. The Labute approximate surface area is 145 Å². The van der Waals surface area contributed by atoms with E-state index in [-0.39, 0.29) is 17.7 Å². The molecule has 1 aromatic carbocycles. The fourth-order valence-electron chi connectivity index (χ4n) is 2.78. The molecule has 1 aromatic rings. The quantitative estimate of drug-likeness (QED) is 0.668. The number of likely N-dealkylation sites (tertiary alicyclic amines) is 1. The number of hydrogen-bond donors (Lipinski definition) is 1. The van der Waals surface area contributed by atoms with Crippen molar-refractivity contribution in [3.05, 3.63) is 29.8 Å². The summed E-state index contributed by atoms with van der Waals surface area (Å²) in [7, 11) is -3.33. The van der Waals surface area contributed by atoms with Crippen molar-refractivity contribution in [3.8, 4) is 0 Å². The zero-order valence-corrected chi connectivity index (χ0v) is 15.8. The maximum Gasteiger partial charge on any atom is 0.191 e. The molecule has 24 heavy (non-hydrogen) atoms. The van der Waals surface area contributed by atoms with Gasteiger partial charge in [-0.15, -0.1) is 0 Å². The molecule has 1 aliphatic heterocycles. The molecule has 0 radical (unpaired) electrons. The molecule has 2 N–H and O–H groups in total. The molecule has 0 bridgehead atoms. The van der Waals surface area contributed by atoms with E-state index in [2.05, 4.69) is 25.8 Å². The van der Waals surface area contributed by atoms with Gasteiger partial charge in [-0.1, -0.05) is 32.9 Å². The maximum absolute atomic E-state index is 12.4. The highest BCUT2D eigenvalue weighted by molar-refractivity contribution is 7.91. The number of sulfone groups is 1. The topological polar surface area (TPSA) is 75.8 Å². The van der Waals surface area contributed by atoms with Crippen LogP contribution < -0.4 is 5.73 Å². The average molecular weight is 352 g/mol. The van der Waals surface area contributed by atoms with Gasteiger partial charge in [0, 0.05) is 13.1 Å². The van der Waals surface area contributed by atoms with Crippen molar-refractivity contribution in [2.45, 2.75) is 50.3 Å². The highest BCUT2D eigenvalue weighted by atomic mass is 32.2. The molecule has 0 aliphatic carbocycles. The molecule has 0 aromatic heterocycles. The average Bonchev–Trinajstić information content (AvgIpc) is 2.55. The van der Waals surface area contributed by atoms with Crippen molar-refractivity contribution in [2.75, 3.05) is 25.4 Å². The van der Waals surface area contributed by atoms with Gasteiger partial charge in [0.25, 0.3) is 0 Å². The summed E-state index contributed by atoms with van der Waals surface area (Å²) in [5.41, 5.74) is 7.09. The van der Waals surface area contributed by atoms with Crippen LogP contribution in [0.5, 0.6) is 0 Å². The minimum Gasteiger partial charge on any atom is -0.370 e. The molecule has 0 unspecified atom stereocenters. The van der Waals surface area contributed by atoms with Crippen LogP contribution in [-0.2, 0) is 15.3 Å². The largest absolute Gasteiger partial charge is 0.370 e. The molecule has 1 saturated heterocycles. The van der Waals surface area contributed by atoms with Crippen LogP contribution in [0.15, 0.2) is 34.2 Å². The molecule has 0 saturated carbocycles. The fourth-order valence-corrected chi connectivity index (χ4v) is 3.90. The van der Waals surface area contributed by atoms with Crippen molar-refractivity contribution < 1.29 is 8.42 Å². The van der Waals surface area contributed by atoms with Gasteiger partial charge in [-0.2, -0.15) is 0 Å². The highest BCUT2D eigenvalue weighted by Gasteiger charge is 2.18. The summed E-state index contributed by atoms with van der Waals surface area (Å²) in [6, 6.07) is 7.15. The summed E-state index contributed by atoms with van der Waals surface area (Å²) in [5.74, 6) is 0.448. The molecule has 2 rings (SSSR count). The Morgan fingerprint density at radius 1 is 1.12 bits per heavy atom. The van der Waals surface area contributed by atoms with E-state index in [1.54, 1.807) is 12.1 Å². The zero-order valence-electron chi connectivity index (χ0n) is 15.0. The molecule has 0 atom stereocenters. The van der Waals surface area contributed by atoms with Gasteiger partial charge in [0.1, 0.15) is 0 Å². The van der Waals surface area contributed by atoms with Crippen LogP contribution in [0.3, 0.4) is 0 Å². The van der Waals surface area contributed by atoms with Gasteiger partial charge in [-0.3, -0.25) is 4.99 Å². The van der Waals surface area contributed by atoms with Gasteiger partial charge in [0.15, 0.2) is 15.8 Å². The van der Waals surface area contributed by atoms with E-state index < -0.39 is 9.84 Å².